The molecule has 1 aliphatic carbocycles. The molecule has 3 rings (SSSR count). The van der Waals surface area contributed by atoms with Gasteiger partial charge in [-0.1, -0.05) is 25.7 Å². The minimum atomic E-state index is -0.0453. The molecule has 0 aliphatic heterocycles. The molecule has 2 aromatic heterocycles. The lowest BCUT2D eigenvalue weighted by molar-refractivity contribution is 0.0952. The summed E-state index contributed by atoms with van der Waals surface area (Å²) in [6.45, 7) is 0.749. The van der Waals surface area contributed by atoms with E-state index in [2.05, 4.69) is 15.3 Å². The first kappa shape index (κ1) is 14.8. The third kappa shape index (κ3) is 3.72. The van der Waals surface area contributed by atoms with Crippen LogP contribution in [0.15, 0.2) is 37.1 Å². The van der Waals surface area contributed by atoms with Crippen LogP contribution in [0.1, 0.15) is 48.9 Å². The maximum absolute atomic E-state index is 12.1. The van der Waals surface area contributed by atoms with Gasteiger partial charge in [-0.05, 0) is 30.9 Å². The Kier molecular flexibility index (Phi) is 4.83. The number of hydrogen-bond acceptors (Lipinski definition) is 3. The minimum absolute atomic E-state index is 0.0453. The molecule has 22 heavy (non-hydrogen) atoms. The fourth-order valence-corrected chi connectivity index (χ4v) is 3.06. The van der Waals surface area contributed by atoms with E-state index in [4.69, 9.17) is 0 Å². The number of imidazole rings is 1. The van der Waals surface area contributed by atoms with Gasteiger partial charge < -0.3 is 5.32 Å². The Morgan fingerprint density at radius 1 is 1.32 bits per heavy atom. The standard InChI is InChI=1S/C17H22N4O/c22-17(19-9-3-6-14-4-1-2-5-14)15-7-8-16(20-12-15)21-11-10-18-13-21/h7-8,10-14H,1-6,9H2,(H,19,22). The highest BCUT2D eigenvalue weighted by atomic mass is 16.1. The van der Waals surface area contributed by atoms with Crippen molar-refractivity contribution in [3.8, 4) is 5.82 Å². The lowest BCUT2D eigenvalue weighted by atomic mass is 10.0. The van der Waals surface area contributed by atoms with E-state index in [9.17, 15) is 4.79 Å². The molecule has 2 heterocycles. The van der Waals surface area contributed by atoms with Gasteiger partial charge in [0.05, 0.1) is 5.56 Å². The largest absolute Gasteiger partial charge is 0.352 e. The van der Waals surface area contributed by atoms with Crippen LogP contribution in [-0.4, -0.2) is 27.0 Å². The molecule has 116 valence electrons. The van der Waals surface area contributed by atoms with Gasteiger partial charge in [0.25, 0.3) is 5.91 Å². The van der Waals surface area contributed by atoms with Gasteiger partial charge in [0.15, 0.2) is 0 Å². The van der Waals surface area contributed by atoms with E-state index in [0.717, 1.165) is 24.7 Å². The van der Waals surface area contributed by atoms with Crippen LogP contribution >= 0.6 is 0 Å². The molecule has 1 saturated carbocycles. The zero-order valence-electron chi connectivity index (χ0n) is 12.7. The summed E-state index contributed by atoms with van der Waals surface area (Å²) in [4.78, 5) is 20.3. The number of hydrogen-bond donors (Lipinski definition) is 1. The smallest absolute Gasteiger partial charge is 0.252 e. The van der Waals surface area contributed by atoms with Crippen molar-refractivity contribution in [2.24, 2.45) is 5.92 Å². The normalized spacial score (nSPS) is 15.1. The van der Waals surface area contributed by atoms with E-state index in [1.54, 1.807) is 24.8 Å². The van der Waals surface area contributed by atoms with Crippen LogP contribution in [0.4, 0.5) is 0 Å². The summed E-state index contributed by atoms with van der Waals surface area (Å²) in [5, 5.41) is 2.98. The van der Waals surface area contributed by atoms with Crippen LogP contribution in [0, 0.1) is 5.92 Å². The summed E-state index contributed by atoms with van der Waals surface area (Å²) in [5.41, 5.74) is 0.602. The molecule has 2 aromatic rings. The van der Waals surface area contributed by atoms with E-state index in [-0.39, 0.29) is 5.91 Å². The van der Waals surface area contributed by atoms with Gasteiger partial charge in [-0.15, -0.1) is 0 Å². The third-order valence-corrected chi connectivity index (χ3v) is 4.33. The number of aromatic nitrogens is 3. The fourth-order valence-electron chi connectivity index (χ4n) is 3.06. The Morgan fingerprint density at radius 3 is 2.86 bits per heavy atom. The average Bonchev–Trinajstić information content (AvgIpc) is 3.25. The number of carbonyl (C=O) groups excluding carboxylic acids is 1. The van der Waals surface area contributed by atoms with Crippen LogP contribution in [0.2, 0.25) is 0 Å². The summed E-state index contributed by atoms with van der Waals surface area (Å²) >= 11 is 0. The van der Waals surface area contributed by atoms with Crippen LogP contribution in [0.3, 0.4) is 0 Å². The Balaban J connectivity index is 1.45. The molecule has 1 aliphatic rings. The summed E-state index contributed by atoms with van der Waals surface area (Å²) in [5.74, 6) is 1.60. The predicted octanol–water partition coefficient (Wildman–Crippen LogP) is 2.97. The molecule has 1 N–H and O–H groups in total. The second-order valence-corrected chi connectivity index (χ2v) is 5.92. The molecular weight excluding hydrogens is 276 g/mol. The number of pyridine rings is 1. The molecule has 1 amide bonds. The number of nitrogens with one attached hydrogen (secondary N) is 1. The van der Waals surface area contributed by atoms with Crippen molar-refractivity contribution >= 4 is 5.91 Å². The molecule has 1 fully saturated rings. The lowest BCUT2D eigenvalue weighted by Gasteiger charge is -2.09. The van der Waals surface area contributed by atoms with E-state index in [0.29, 0.717) is 5.56 Å². The molecule has 0 saturated heterocycles. The van der Waals surface area contributed by atoms with Crippen molar-refractivity contribution in [1.82, 2.24) is 19.9 Å². The summed E-state index contributed by atoms with van der Waals surface area (Å²) < 4.78 is 1.81. The summed E-state index contributed by atoms with van der Waals surface area (Å²) in [7, 11) is 0. The van der Waals surface area contributed by atoms with Gasteiger partial charge in [-0.25, -0.2) is 9.97 Å². The first-order chi connectivity index (χ1) is 10.8. The molecule has 0 atom stereocenters. The van der Waals surface area contributed by atoms with Gasteiger partial charge in [0.1, 0.15) is 12.1 Å². The van der Waals surface area contributed by atoms with E-state index in [1.165, 1.54) is 32.1 Å². The Morgan fingerprint density at radius 2 is 2.18 bits per heavy atom. The van der Waals surface area contributed by atoms with Crippen LogP contribution in [-0.2, 0) is 0 Å². The van der Waals surface area contributed by atoms with Gasteiger partial charge in [-0.3, -0.25) is 9.36 Å². The van der Waals surface area contributed by atoms with Crippen molar-refractivity contribution in [2.45, 2.75) is 38.5 Å². The number of rotatable bonds is 6. The van der Waals surface area contributed by atoms with Gasteiger partial charge in [-0.2, -0.15) is 0 Å². The zero-order chi connectivity index (χ0) is 15.2. The summed E-state index contributed by atoms with van der Waals surface area (Å²) in [6, 6.07) is 3.63. The Hall–Kier alpha value is -2.17. The maximum Gasteiger partial charge on any atom is 0.252 e. The topological polar surface area (TPSA) is 59.8 Å². The third-order valence-electron chi connectivity index (χ3n) is 4.33. The first-order valence-corrected chi connectivity index (χ1v) is 8.05. The SMILES string of the molecule is O=C(NCCCC1CCCC1)c1ccc(-n2ccnc2)nc1. The first-order valence-electron chi connectivity index (χ1n) is 8.05. The van der Waals surface area contributed by atoms with E-state index >= 15 is 0 Å². The molecule has 0 spiro atoms. The number of amides is 1. The monoisotopic (exact) mass is 298 g/mol. The maximum atomic E-state index is 12.1. The van der Waals surface area contributed by atoms with Crippen molar-refractivity contribution in [2.75, 3.05) is 6.54 Å². The fraction of sp³-hybridized carbons (Fsp3) is 0.471. The molecule has 0 aromatic carbocycles. The summed E-state index contributed by atoms with van der Waals surface area (Å²) in [6.07, 6.45) is 14.6. The Labute approximate surface area is 130 Å². The second kappa shape index (κ2) is 7.20. The lowest BCUT2D eigenvalue weighted by Crippen LogP contribution is -2.25. The van der Waals surface area contributed by atoms with Crippen molar-refractivity contribution < 1.29 is 4.79 Å². The van der Waals surface area contributed by atoms with Crippen LogP contribution in [0.5, 0.6) is 0 Å². The zero-order valence-corrected chi connectivity index (χ0v) is 12.7. The molecule has 0 radical (unpaired) electrons. The number of nitrogens with zero attached hydrogens (tertiary/aromatic N) is 3. The quantitative estimate of drug-likeness (QED) is 0.834. The highest BCUT2D eigenvalue weighted by Crippen LogP contribution is 2.28. The molecule has 0 unspecified atom stereocenters. The van der Waals surface area contributed by atoms with E-state index < -0.39 is 0 Å². The van der Waals surface area contributed by atoms with Crippen molar-refractivity contribution in [3.63, 3.8) is 0 Å². The highest BCUT2D eigenvalue weighted by Gasteiger charge is 2.14. The molecule has 0 bridgehead atoms. The second-order valence-electron chi connectivity index (χ2n) is 5.92. The molecule has 5 nitrogen and oxygen atoms in total. The molecular formula is C17H22N4O. The highest BCUT2D eigenvalue weighted by molar-refractivity contribution is 5.93. The van der Waals surface area contributed by atoms with Gasteiger partial charge in [0.2, 0.25) is 0 Å². The molecule has 5 heteroatoms. The minimum Gasteiger partial charge on any atom is -0.352 e. The van der Waals surface area contributed by atoms with Gasteiger partial charge >= 0.3 is 0 Å². The predicted molar refractivity (Wildman–Crippen MR) is 84.9 cm³/mol. The van der Waals surface area contributed by atoms with E-state index in [1.807, 2.05) is 16.8 Å². The average molecular weight is 298 g/mol. The van der Waals surface area contributed by atoms with Crippen LogP contribution < -0.4 is 5.32 Å². The Bertz CT molecular complexity index is 586. The van der Waals surface area contributed by atoms with Crippen LogP contribution in [0.25, 0.3) is 5.82 Å². The van der Waals surface area contributed by atoms with Crippen molar-refractivity contribution in [3.05, 3.63) is 42.6 Å². The van der Waals surface area contributed by atoms with Crippen molar-refractivity contribution in [1.29, 1.82) is 0 Å². The number of carbonyl (C=O) groups is 1. The van der Waals surface area contributed by atoms with Gasteiger partial charge in [0, 0.05) is 25.1 Å².